The average Bonchev–Trinajstić information content (AvgIpc) is 3.89. The Kier molecular flexibility index (Phi) is 12.1. The molecule has 0 radical (unpaired) electrons. The van der Waals surface area contributed by atoms with E-state index >= 15 is 0 Å². The summed E-state index contributed by atoms with van der Waals surface area (Å²) in [6.45, 7) is 8.84. The second-order valence-electron chi connectivity index (χ2n) is 20.6. The molecule has 0 atom stereocenters. The van der Waals surface area contributed by atoms with Crippen molar-refractivity contribution in [3.05, 3.63) is 263 Å². The van der Waals surface area contributed by atoms with E-state index in [0.717, 1.165) is 89.4 Å². The highest BCUT2D eigenvalue weighted by atomic mass is 16.5. The maximum atomic E-state index is 10.6. The summed E-state index contributed by atoms with van der Waals surface area (Å²) in [5.74, 6) is 1.45. The molecule has 4 heteroatoms. The summed E-state index contributed by atoms with van der Waals surface area (Å²) >= 11 is 0. The quantitative estimate of drug-likeness (QED) is 0.128. The molecule has 12 aromatic rings. The molecule has 0 amide bonds. The number of aryl methyl sites for hydroxylation is 4. The van der Waals surface area contributed by atoms with Crippen molar-refractivity contribution in [2.75, 3.05) is 26.4 Å². The smallest absolute Gasteiger partial charge is 0.135 e. The number of benzene rings is 12. The molecule has 0 unspecified atom stereocenters. The second kappa shape index (κ2) is 19.4. The van der Waals surface area contributed by atoms with Crippen LogP contribution in [-0.4, -0.2) is 36.6 Å². The SMILES string of the molecule is Cc1c(-c2cc(C3(c4cc(-c5ccc6ccccc6c5C)c(OCCO)c(-c5ccc6ccccc6c5C)c4)c4ccccc4-c4ccccc43)cc(-c3ccc4ccccc4c3C)c2OCCO)ccc2ccccc12. The molecule has 1 aliphatic rings. The van der Waals surface area contributed by atoms with Gasteiger partial charge in [-0.2, -0.15) is 0 Å². The molecule has 13 rings (SSSR count). The number of hydrogen-bond acceptors (Lipinski definition) is 4. The van der Waals surface area contributed by atoms with Crippen LogP contribution < -0.4 is 9.47 Å². The van der Waals surface area contributed by atoms with Crippen LogP contribution >= 0.6 is 0 Å². The number of fused-ring (bicyclic) bond motifs is 7. The van der Waals surface area contributed by atoms with Gasteiger partial charge in [-0.05, 0) is 173 Å². The van der Waals surface area contributed by atoms with Crippen LogP contribution in [0.2, 0.25) is 0 Å². The monoisotopic (exact) mass is 998 g/mol. The summed E-state index contributed by atoms with van der Waals surface area (Å²) in [6.07, 6.45) is 0. The van der Waals surface area contributed by atoms with Gasteiger partial charge in [-0.25, -0.2) is 0 Å². The molecule has 2 N–H and O–H groups in total. The van der Waals surface area contributed by atoms with Crippen LogP contribution in [0.4, 0.5) is 0 Å². The van der Waals surface area contributed by atoms with Gasteiger partial charge in [0.25, 0.3) is 0 Å². The molecule has 0 spiro atoms. The molecule has 77 heavy (non-hydrogen) atoms. The number of rotatable bonds is 12. The fourth-order valence-corrected chi connectivity index (χ4v) is 13.0. The van der Waals surface area contributed by atoms with Gasteiger partial charge in [0.1, 0.15) is 24.7 Å². The van der Waals surface area contributed by atoms with E-state index in [1.165, 1.54) is 65.3 Å². The number of aliphatic hydroxyl groups excluding tert-OH is 2. The molecule has 0 aromatic heterocycles. The Hall–Kier alpha value is -8.80. The Morgan fingerprint density at radius 2 is 0.571 bits per heavy atom. The van der Waals surface area contributed by atoms with E-state index in [-0.39, 0.29) is 26.4 Å². The highest BCUT2D eigenvalue weighted by Crippen LogP contribution is 2.60. The summed E-state index contributed by atoms with van der Waals surface area (Å²) in [4.78, 5) is 0. The van der Waals surface area contributed by atoms with Gasteiger partial charge in [0.05, 0.1) is 18.6 Å². The van der Waals surface area contributed by atoms with E-state index in [1.807, 2.05) is 0 Å². The third-order valence-corrected chi connectivity index (χ3v) is 16.6. The van der Waals surface area contributed by atoms with Crippen LogP contribution in [0.1, 0.15) is 44.5 Å². The van der Waals surface area contributed by atoms with E-state index in [2.05, 4.69) is 246 Å². The fourth-order valence-electron chi connectivity index (χ4n) is 13.0. The van der Waals surface area contributed by atoms with Gasteiger partial charge in [-0.1, -0.05) is 194 Å². The third-order valence-electron chi connectivity index (χ3n) is 16.6. The molecule has 0 saturated heterocycles. The van der Waals surface area contributed by atoms with Crippen LogP contribution in [0.15, 0.2) is 218 Å². The van der Waals surface area contributed by atoms with Gasteiger partial charge in [0.2, 0.25) is 0 Å². The summed E-state index contributed by atoms with van der Waals surface area (Å²) < 4.78 is 13.9. The Morgan fingerprint density at radius 3 is 0.870 bits per heavy atom. The predicted molar refractivity (Wildman–Crippen MR) is 320 cm³/mol. The minimum absolute atomic E-state index is 0.119. The van der Waals surface area contributed by atoms with Crippen LogP contribution in [0.25, 0.3) is 98.7 Å². The standard InChI is InChI=1S/C73H58O4/c1-45-55-21-9-5-17-49(55)29-33-59(45)65-41-53(42-66(71(65)76-39-37-74)60-34-30-50-18-6-10-22-56(50)46(60)2)73(69-27-15-13-25-63(69)64-26-14-16-28-70(64)73)54-43-67(61-35-31-51-19-7-11-23-57(51)47(61)3)72(77-40-38-75)68(44-54)62-36-32-52-20-8-12-24-58(52)48(62)4/h5-36,41-44,74-75H,37-40H2,1-4H3. The van der Waals surface area contributed by atoms with Gasteiger partial charge in [-0.15, -0.1) is 0 Å². The maximum Gasteiger partial charge on any atom is 0.135 e. The normalized spacial score (nSPS) is 12.6. The zero-order valence-corrected chi connectivity index (χ0v) is 43.8. The minimum atomic E-state index is -0.934. The highest BCUT2D eigenvalue weighted by molar-refractivity contribution is 6.01. The summed E-state index contributed by atoms with van der Waals surface area (Å²) in [5, 5.41) is 30.5. The minimum Gasteiger partial charge on any atom is -0.490 e. The van der Waals surface area contributed by atoms with Crippen molar-refractivity contribution < 1.29 is 19.7 Å². The molecule has 1 aliphatic carbocycles. The lowest BCUT2D eigenvalue weighted by molar-refractivity contribution is 0.202. The van der Waals surface area contributed by atoms with Crippen LogP contribution in [0.5, 0.6) is 11.5 Å². The fraction of sp³-hybridized carbons (Fsp3) is 0.123. The van der Waals surface area contributed by atoms with Crippen molar-refractivity contribution in [2.24, 2.45) is 0 Å². The molecule has 0 aliphatic heterocycles. The van der Waals surface area contributed by atoms with Crippen molar-refractivity contribution in [1.82, 2.24) is 0 Å². The summed E-state index contributed by atoms with van der Waals surface area (Å²) in [6, 6.07) is 79.7. The van der Waals surface area contributed by atoms with Crippen molar-refractivity contribution in [3.63, 3.8) is 0 Å². The Bertz CT molecular complexity index is 3830. The van der Waals surface area contributed by atoms with Crippen molar-refractivity contribution in [2.45, 2.75) is 33.1 Å². The molecule has 0 saturated carbocycles. The van der Waals surface area contributed by atoms with E-state index in [0.29, 0.717) is 0 Å². The van der Waals surface area contributed by atoms with Gasteiger partial charge in [-0.3, -0.25) is 0 Å². The van der Waals surface area contributed by atoms with Crippen LogP contribution in [0, 0.1) is 27.7 Å². The Balaban J connectivity index is 1.23. The largest absolute Gasteiger partial charge is 0.490 e. The number of hydrogen-bond donors (Lipinski definition) is 2. The van der Waals surface area contributed by atoms with E-state index in [1.54, 1.807) is 0 Å². The first-order valence-corrected chi connectivity index (χ1v) is 26.8. The number of ether oxygens (including phenoxy) is 2. The van der Waals surface area contributed by atoms with Crippen molar-refractivity contribution in [1.29, 1.82) is 0 Å². The first-order valence-electron chi connectivity index (χ1n) is 26.8. The van der Waals surface area contributed by atoms with Crippen LogP contribution in [0.3, 0.4) is 0 Å². The lowest BCUT2D eigenvalue weighted by atomic mass is 9.65. The zero-order chi connectivity index (χ0) is 52.4. The Morgan fingerprint density at radius 1 is 0.299 bits per heavy atom. The Labute approximate surface area is 450 Å². The van der Waals surface area contributed by atoms with E-state index < -0.39 is 5.41 Å². The topological polar surface area (TPSA) is 58.9 Å². The first kappa shape index (κ1) is 47.9. The van der Waals surface area contributed by atoms with E-state index in [4.69, 9.17) is 9.47 Å². The maximum absolute atomic E-state index is 10.6. The molecular formula is C73H58O4. The average molecular weight is 999 g/mol. The molecule has 4 nitrogen and oxygen atoms in total. The van der Waals surface area contributed by atoms with E-state index in [9.17, 15) is 10.2 Å². The lowest BCUT2D eigenvalue weighted by Crippen LogP contribution is -2.29. The second-order valence-corrected chi connectivity index (χ2v) is 20.6. The van der Waals surface area contributed by atoms with Crippen molar-refractivity contribution >= 4 is 43.1 Å². The number of aliphatic hydroxyl groups is 2. The third kappa shape index (κ3) is 7.65. The molecule has 0 heterocycles. The van der Waals surface area contributed by atoms with Gasteiger partial charge < -0.3 is 19.7 Å². The van der Waals surface area contributed by atoms with Crippen LogP contribution in [-0.2, 0) is 5.41 Å². The summed E-state index contributed by atoms with van der Waals surface area (Å²) in [5.41, 5.74) is 18.5. The molecule has 0 bridgehead atoms. The molecular weight excluding hydrogens is 941 g/mol. The lowest BCUT2D eigenvalue weighted by Gasteiger charge is -2.36. The van der Waals surface area contributed by atoms with Gasteiger partial charge in [0.15, 0.2) is 0 Å². The summed E-state index contributed by atoms with van der Waals surface area (Å²) in [7, 11) is 0. The molecule has 374 valence electrons. The van der Waals surface area contributed by atoms with Crippen molar-refractivity contribution in [3.8, 4) is 67.1 Å². The molecule has 12 aromatic carbocycles. The molecule has 0 fully saturated rings. The predicted octanol–water partition coefficient (Wildman–Crippen LogP) is 17.3. The van der Waals surface area contributed by atoms with Gasteiger partial charge in [0, 0.05) is 22.3 Å². The first-order chi connectivity index (χ1) is 37.8. The highest BCUT2D eigenvalue weighted by Gasteiger charge is 2.47. The van der Waals surface area contributed by atoms with Gasteiger partial charge >= 0.3 is 0 Å². The zero-order valence-electron chi connectivity index (χ0n) is 43.8.